The molecule has 5 nitrogen and oxygen atoms in total. The van der Waals surface area contributed by atoms with Gasteiger partial charge < -0.3 is 4.57 Å². The highest BCUT2D eigenvalue weighted by atomic mass is 15.2. The second-order valence-electron chi connectivity index (χ2n) is 12.1. The van der Waals surface area contributed by atoms with Gasteiger partial charge in [-0.15, -0.1) is 0 Å². The van der Waals surface area contributed by atoms with Crippen molar-refractivity contribution in [1.29, 1.82) is 0 Å². The van der Waals surface area contributed by atoms with Gasteiger partial charge in [-0.2, -0.15) is 0 Å². The molecule has 0 aliphatic carbocycles. The van der Waals surface area contributed by atoms with Crippen LogP contribution in [0.15, 0.2) is 164 Å². The zero-order valence-corrected chi connectivity index (χ0v) is 25.8. The lowest BCUT2D eigenvalue weighted by Crippen LogP contribution is -2.03. The van der Waals surface area contributed by atoms with Crippen LogP contribution in [0.4, 0.5) is 0 Å². The molecule has 10 aromatic rings. The van der Waals surface area contributed by atoms with E-state index in [9.17, 15) is 0 Å². The Morgan fingerprint density at radius 1 is 0.438 bits per heavy atom. The lowest BCUT2D eigenvalue weighted by molar-refractivity contribution is 1.01. The number of rotatable bonds is 4. The van der Waals surface area contributed by atoms with E-state index in [0.29, 0.717) is 5.95 Å². The van der Waals surface area contributed by atoms with Gasteiger partial charge >= 0.3 is 0 Å². The molecule has 0 atom stereocenters. The number of hydrogen-bond donors (Lipinski definition) is 0. The first-order valence-corrected chi connectivity index (χ1v) is 16.1. The molecular weight excluding hydrogens is 587 g/mol. The molecule has 0 radical (unpaired) electrons. The third-order valence-electron chi connectivity index (χ3n) is 9.38. The summed E-state index contributed by atoms with van der Waals surface area (Å²) in [6.45, 7) is 0. The van der Waals surface area contributed by atoms with E-state index in [1.165, 1.54) is 27.4 Å². The van der Waals surface area contributed by atoms with Crippen molar-refractivity contribution in [2.75, 3.05) is 0 Å². The summed E-state index contributed by atoms with van der Waals surface area (Å²) in [5, 5.41) is 4.54. The fraction of sp³-hybridized carbons (Fsp3) is 0. The van der Waals surface area contributed by atoms with Crippen LogP contribution in [0, 0.1) is 0 Å². The molecule has 0 spiro atoms. The van der Waals surface area contributed by atoms with E-state index in [1.54, 1.807) is 0 Å². The monoisotopic (exact) mass is 613 g/mol. The quantitative estimate of drug-likeness (QED) is 0.198. The molecule has 4 aromatic heterocycles. The zero-order valence-electron chi connectivity index (χ0n) is 25.8. The van der Waals surface area contributed by atoms with Gasteiger partial charge in [0.15, 0.2) is 0 Å². The topological polar surface area (TPSA) is 48.5 Å². The zero-order chi connectivity index (χ0) is 31.6. The first-order valence-electron chi connectivity index (χ1n) is 16.1. The van der Waals surface area contributed by atoms with Crippen LogP contribution in [0.1, 0.15) is 0 Å². The molecule has 0 amide bonds. The minimum absolute atomic E-state index is 0.625. The molecule has 224 valence electrons. The molecule has 0 fully saturated rings. The van der Waals surface area contributed by atoms with E-state index < -0.39 is 0 Å². The number of benzene rings is 6. The van der Waals surface area contributed by atoms with Crippen molar-refractivity contribution in [3.8, 4) is 34.0 Å². The van der Waals surface area contributed by atoms with Crippen molar-refractivity contribution in [2.45, 2.75) is 0 Å². The fourth-order valence-corrected chi connectivity index (χ4v) is 7.30. The number of fused-ring (bicyclic) bond motifs is 7. The van der Waals surface area contributed by atoms with Crippen LogP contribution < -0.4 is 0 Å². The second kappa shape index (κ2) is 10.5. The summed E-state index contributed by atoms with van der Waals surface area (Å²) in [4.78, 5) is 15.3. The lowest BCUT2D eigenvalue weighted by atomic mass is 10.0. The highest BCUT2D eigenvalue weighted by Gasteiger charge is 2.20. The lowest BCUT2D eigenvalue weighted by Gasteiger charge is -2.13. The molecule has 0 bridgehead atoms. The summed E-state index contributed by atoms with van der Waals surface area (Å²) >= 11 is 0. The SMILES string of the molecule is c1ccc(-c2nc(-n3c4ccc(-c5cccc6c7ccccc7n(-c7ccccc7)c56)cc4c4ncccc43)nc3ccccc23)cc1. The molecule has 0 aliphatic heterocycles. The van der Waals surface area contributed by atoms with Gasteiger partial charge in [-0.3, -0.25) is 9.55 Å². The minimum Gasteiger partial charge on any atom is -0.309 e. The summed E-state index contributed by atoms with van der Waals surface area (Å²) in [7, 11) is 0. The minimum atomic E-state index is 0.625. The van der Waals surface area contributed by atoms with Gasteiger partial charge in [-0.05, 0) is 54.1 Å². The second-order valence-corrected chi connectivity index (χ2v) is 12.1. The van der Waals surface area contributed by atoms with Crippen molar-refractivity contribution < 1.29 is 0 Å². The van der Waals surface area contributed by atoms with Gasteiger partial charge in [0.25, 0.3) is 0 Å². The Morgan fingerprint density at radius 3 is 2.02 bits per heavy atom. The van der Waals surface area contributed by atoms with E-state index in [2.05, 4.69) is 143 Å². The van der Waals surface area contributed by atoms with Crippen LogP contribution in [0.2, 0.25) is 0 Å². The Kier molecular flexibility index (Phi) is 5.81. The van der Waals surface area contributed by atoms with Crippen LogP contribution in [-0.2, 0) is 0 Å². The molecule has 6 aromatic carbocycles. The maximum absolute atomic E-state index is 5.23. The summed E-state index contributed by atoms with van der Waals surface area (Å²) in [6.07, 6.45) is 1.86. The van der Waals surface area contributed by atoms with Gasteiger partial charge in [-0.1, -0.05) is 109 Å². The third-order valence-corrected chi connectivity index (χ3v) is 9.38. The first-order chi connectivity index (χ1) is 23.8. The van der Waals surface area contributed by atoms with Crippen molar-refractivity contribution >= 4 is 54.6 Å². The Morgan fingerprint density at radius 2 is 1.15 bits per heavy atom. The number of nitrogens with zero attached hydrogens (tertiary/aromatic N) is 5. The maximum Gasteiger partial charge on any atom is 0.235 e. The van der Waals surface area contributed by atoms with E-state index in [-0.39, 0.29) is 0 Å². The molecular formula is C43H27N5. The molecule has 0 unspecified atom stereocenters. The molecule has 48 heavy (non-hydrogen) atoms. The van der Waals surface area contributed by atoms with Gasteiger partial charge in [0.2, 0.25) is 5.95 Å². The summed E-state index contributed by atoms with van der Waals surface area (Å²) in [6, 6.07) is 55.3. The van der Waals surface area contributed by atoms with Gasteiger partial charge in [0.1, 0.15) is 0 Å². The van der Waals surface area contributed by atoms with Gasteiger partial charge in [0, 0.05) is 44.6 Å². The van der Waals surface area contributed by atoms with E-state index in [0.717, 1.165) is 55.3 Å². The highest BCUT2D eigenvalue weighted by Crippen LogP contribution is 2.40. The Balaban J connectivity index is 1.25. The van der Waals surface area contributed by atoms with E-state index >= 15 is 0 Å². The summed E-state index contributed by atoms with van der Waals surface area (Å²) in [5.74, 6) is 0.625. The Labute approximate surface area is 276 Å². The molecule has 0 saturated heterocycles. The average Bonchev–Trinajstić information content (AvgIpc) is 3.68. The van der Waals surface area contributed by atoms with E-state index in [4.69, 9.17) is 15.0 Å². The van der Waals surface area contributed by atoms with Crippen molar-refractivity contribution in [3.05, 3.63) is 164 Å². The van der Waals surface area contributed by atoms with Crippen molar-refractivity contribution in [3.63, 3.8) is 0 Å². The highest BCUT2D eigenvalue weighted by molar-refractivity contribution is 6.15. The smallest absolute Gasteiger partial charge is 0.235 e. The van der Waals surface area contributed by atoms with Crippen molar-refractivity contribution in [1.82, 2.24) is 24.1 Å². The fourth-order valence-electron chi connectivity index (χ4n) is 7.30. The molecule has 5 heteroatoms. The summed E-state index contributed by atoms with van der Waals surface area (Å²) in [5.41, 5.74) is 11.6. The van der Waals surface area contributed by atoms with Gasteiger partial charge in [0.05, 0.1) is 38.8 Å². The standard InChI is InChI=1S/C43H27N5/c1-3-13-28(14-4-1)40-34-18-7-9-21-36(34)45-43(46-40)48-38-25-24-29(27-35(38)41-39(48)23-12-26-44-41)31-19-11-20-33-32-17-8-10-22-37(32)47(42(31)33)30-15-5-2-6-16-30/h1-27H. The first kappa shape index (κ1) is 26.6. The molecule has 4 heterocycles. The summed E-state index contributed by atoms with van der Waals surface area (Å²) < 4.78 is 4.54. The van der Waals surface area contributed by atoms with Crippen molar-refractivity contribution in [2.24, 2.45) is 0 Å². The third kappa shape index (κ3) is 3.94. The average molecular weight is 614 g/mol. The number of hydrogen-bond acceptors (Lipinski definition) is 3. The Bertz CT molecular complexity index is 2830. The molecule has 0 aliphatic rings. The number of aromatic nitrogens is 5. The van der Waals surface area contributed by atoms with Crippen LogP contribution >= 0.6 is 0 Å². The maximum atomic E-state index is 5.23. The van der Waals surface area contributed by atoms with Crippen LogP contribution in [0.5, 0.6) is 0 Å². The van der Waals surface area contributed by atoms with Gasteiger partial charge in [-0.25, -0.2) is 9.97 Å². The molecule has 0 saturated carbocycles. The number of pyridine rings is 1. The van der Waals surface area contributed by atoms with Crippen LogP contribution in [0.3, 0.4) is 0 Å². The van der Waals surface area contributed by atoms with Crippen LogP contribution in [0.25, 0.3) is 88.7 Å². The van der Waals surface area contributed by atoms with Crippen LogP contribution in [-0.4, -0.2) is 24.1 Å². The molecule has 0 N–H and O–H groups in total. The predicted molar refractivity (Wildman–Crippen MR) is 197 cm³/mol. The number of para-hydroxylation sites is 4. The molecule has 10 rings (SSSR count). The predicted octanol–water partition coefficient (Wildman–Crippen LogP) is 10.6. The largest absolute Gasteiger partial charge is 0.309 e. The normalized spacial score (nSPS) is 11.8. The Hall–Kier alpha value is -6.59. The van der Waals surface area contributed by atoms with E-state index in [1.807, 2.05) is 30.5 Å².